The Morgan fingerprint density at radius 2 is 1.96 bits per heavy atom. The van der Waals surface area contributed by atoms with E-state index < -0.39 is 4.92 Å². The highest BCUT2D eigenvalue weighted by Crippen LogP contribution is 2.23. The number of ether oxygens (including phenoxy) is 1. The van der Waals surface area contributed by atoms with Crippen LogP contribution in [-0.4, -0.2) is 59.4 Å². The van der Waals surface area contributed by atoms with Gasteiger partial charge in [-0.2, -0.15) is 0 Å². The molecule has 9 nitrogen and oxygen atoms in total. The number of nitro groups is 1. The van der Waals surface area contributed by atoms with E-state index in [1.54, 1.807) is 22.8 Å². The molecule has 0 bridgehead atoms. The van der Waals surface area contributed by atoms with E-state index in [9.17, 15) is 14.9 Å². The van der Waals surface area contributed by atoms with Crippen molar-refractivity contribution in [2.45, 2.75) is 13.3 Å². The molecule has 1 heterocycles. The van der Waals surface area contributed by atoms with Crippen LogP contribution in [0.25, 0.3) is 0 Å². The van der Waals surface area contributed by atoms with Crippen molar-refractivity contribution in [2.24, 2.45) is 5.73 Å². The van der Waals surface area contributed by atoms with Gasteiger partial charge in [0.25, 0.3) is 5.69 Å². The lowest BCUT2D eigenvalue weighted by atomic mass is 10.2. The molecule has 130 valence electrons. The van der Waals surface area contributed by atoms with E-state index >= 15 is 0 Å². The molecule has 1 fully saturated rings. The van der Waals surface area contributed by atoms with Crippen molar-refractivity contribution in [3.63, 3.8) is 0 Å². The summed E-state index contributed by atoms with van der Waals surface area (Å²) in [5.74, 6) is 0.548. The van der Waals surface area contributed by atoms with Gasteiger partial charge in [-0.3, -0.25) is 20.3 Å². The first kappa shape index (κ1) is 17.5. The number of guanidine groups is 1. The van der Waals surface area contributed by atoms with Gasteiger partial charge in [-0.05, 0) is 18.6 Å². The first-order valence-corrected chi connectivity index (χ1v) is 7.63. The van der Waals surface area contributed by atoms with Gasteiger partial charge in [-0.25, -0.2) is 0 Å². The lowest BCUT2D eigenvalue weighted by molar-refractivity contribution is -0.384. The zero-order valence-corrected chi connectivity index (χ0v) is 13.5. The molecule has 0 saturated carbocycles. The minimum atomic E-state index is -0.457. The topological polar surface area (TPSA) is 126 Å². The Bertz CT molecular complexity index is 641. The second kappa shape index (κ2) is 7.62. The standard InChI is InChI=1S/C15H21N5O4/c1-11-10-12(20(22)23)2-3-13(11)24-9-4-14(21)18-5-7-19(8-6-18)15(16)17/h2-3,10H,4-9H2,1H3,(H3,16,17). The predicted molar refractivity (Wildman–Crippen MR) is 88.0 cm³/mol. The van der Waals surface area contributed by atoms with Gasteiger partial charge in [0.2, 0.25) is 5.91 Å². The molecular formula is C15H21N5O4. The number of rotatable bonds is 5. The number of amides is 1. The third-order valence-corrected chi connectivity index (χ3v) is 3.92. The number of hydrogen-bond acceptors (Lipinski definition) is 5. The van der Waals surface area contributed by atoms with E-state index in [1.165, 1.54) is 12.1 Å². The molecule has 1 aromatic carbocycles. The summed E-state index contributed by atoms with van der Waals surface area (Å²) >= 11 is 0. The molecule has 1 amide bonds. The Kier molecular flexibility index (Phi) is 5.56. The number of benzene rings is 1. The van der Waals surface area contributed by atoms with Gasteiger partial charge in [-0.15, -0.1) is 0 Å². The quantitative estimate of drug-likeness (QED) is 0.353. The largest absolute Gasteiger partial charge is 0.493 e. The average Bonchev–Trinajstić information content (AvgIpc) is 2.56. The van der Waals surface area contributed by atoms with Crippen molar-refractivity contribution in [1.82, 2.24) is 9.80 Å². The molecule has 1 saturated heterocycles. The maximum Gasteiger partial charge on any atom is 0.269 e. The summed E-state index contributed by atoms with van der Waals surface area (Å²) in [6.07, 6.45) is 0.233. The van der Waals surface area contributed by atoms with Crippen molar-refractivity contribution in [1.29, 1.82) is 5.41 Å². The summed E-state index contributed by atoms with van der Waals surface area (Å²) in [7, 11) is 0. The molecule has 1 aromatic rings. The number of carbonyl (C=O) groups is 1. The number of carbonyl (C=O) groups excluding carboxylic acids is 1. The third-order valence-electron chi connectivity index (χ3n) is 3.92. The van der Waals surface area contributed by atoms with Crippen molar-refractivity contribution in [3.8, 4) is 5.75 Å². The zero-order valence-electron chi connectivity index (χ0n) is 13.5. The Labute approximate surface area is 139 Å². The van der Waals surface area contributed by atoms with E-state index in [1.807, 2.05) is 0 Å². The molecule has 0 aromatic heterocycles. The van der Waals surface area contributed by atoms with Crippen molar-refractivity contribution < 1.29 is 14.5 Å². The molecular weight excluding hydrogens is 314 g/mol. The number of aryl methyl sites for hydroxylation is 1. The number of non-ortho nitro benzene ring substituents is 1. The molecule has 1 aliphatic heterocycles. The monoisotopic (exact) mass is 335 g/mol. The first-order chi connectivity index (χ1) is 11.4. The van der Waals surface area contributed by atoms with Gasteiger partial charge in [0, 0.05) is 38.3 Å². The highest BCUT2D eigenvalue weighted by atomic mass is 16.6. The maximum atomic E-state index is 12.1. The van der Waals surface area contributed by atoms with Gasteiger partial charge >= 0.3 is 0 Å². The molecule has 1 aliphatic rings. The molecule has 0 atom stereocenters. The summed E-state index contributed by atoms with van der Waals surface area (Å²) in [6, 6.07) is 4.37. The number of nitrogens with zero attached hydrogens (tertiary/aromatic N) is 3. The van der Waals surface area contributed by atoms with Gasteiger partial charge in [0.15, 0.2) is 5.96 Å². The highest BCUT2D eigenvalue weighted by molar-refractivity contribution is 5.78. The Morgan fingerprint density at radius 1 is 1.33 bits per heavy atom. The fourth-order valence-corrected chi connectivity index (χ4v) is 2.51. The van der Waals surface area contributed by atoms with Crippen LogP contribution in [0.2, 0.25) is 0 Å². The molecule has 2 rings (SSSR count). The molecule has 0 radical (unpaired) electrons. The number of nitrogens with two attached hydrogens (primary N) is 1. The van der Waals surface area contributed by atoms with Crippen LogP contribution in [0.15, 0.2) is 18.2 Å². The lowest BCUT2D eigenvalue weighted by Gasteiger charge is -2.34. The zero-order chi connectivity index (χ0) is 17.7. The smallest absolute Gasteiger partial charge is 0.269 e. The van der Waals surface area contributed by atoms with Crippen molar-refractivity contribution in [3.05, 3.63) is 33.9 Å². The first-order valence-electron chi connectivity index (χ1n) is 7.63. The fourth-order valence-electron chi connectivity index (χ4n) is 2.51. The van der Waals surface area contributed by atoms with E-state index in [0.29, 0.717) is 37.5 Å². The minimum absolute atomic E-state index is 0.0132. The normalized spacial score (nSPS) is 14.4. The second-order valence-electron chi connectivity index (χ2n) is 5.56. The Balaban J connectivity index is 1.79. The van der Waals surface area contributed by atoms with Crippen LogP contribution < -0.4 is 10.5 Å². The molecule has 0 spiro atoms. The van der Waals surface area contributed by atoms with Crippen LogP contribution >= 0.6 is 0 Å². The van der Waals surface area contributed by atoms with Crippen LogP contribution in [-0.2, 0) is 4.79 Å². The summed E-state index contributed by atoms with van der Waals surface area (Å²) in [4.78, 5) is 25.8. The van der Waals surface area contributed by atoms with Crippen LogP contribution in [0.4, 0.5) is 5.69 Å². The van der Waals surface area contributed by atoms with Crippen LogP contribution in [0.3, 0.4) is 0 Å². The fraction of sp³-hybridized carbons (Fsp3) is 0.467. The average molecular weight is 335 g/mol. The van der Waals surface area contributed by atoms with Crippen molar-refractivity contribution >= 4 is 17.6 Å². The highest BCUT2D eigenvalue weighted by Gasteiger charge is 2.21. The number of hydrogen-bond donors (Lipinski definition) is 2. The van der Waals surface area contributed by atoms with Crippen LogP contribution in [0.1, 0.15) is 12.0 Å². The second-order valence-corrected chi connectivity index (χ2v) is 5.56. The van der Waals surface area contributed by atoms with Gasteiger partial charge in [0.05, 0.1) is 18.0 Å². The molecule has 3 N–H and O–H groups in total. The van der Waals surface area contributed by atoms with E-state index in [0.717, 1.165) is 0 Å². The Morgan fingerprint density at radius 3 is 2.50 bits per heavy atom. The number of piperazine rings is 1. The van der Waals surface area contributed by atoms with Gasteiger partial charge in [0.1, 0.15) is 5.75 Å². The minimum Gasteiger partial charge on any atom is -0.493 e. The predicted octanol–water partition coefficient (Wildman–Crippen LogP) is 0.710. The van der Waals surface area contributed by atoms with E-state index in [2.05, 4.69) is 0 Å². The number of nitro benzene ring substituents is 1. The lowest BCUT2D eigenvalue weighted by Crippen LogP contribution is -2.52. The molecule has 0 unspecified atom stereocenters. The molecule has 24 heavy (non-hydrogen) atoms. The van der Waals surface area contributed by atoms with Crippen molar-refractivity contribution in [2.75, 3.05) is 32.8 Å². The van der Waals surface area contributed by atoms with Gasteiger partial charge < -0.3 is 20.3 Å². The third kappa shape index (κ3) is 4.34. The summed E-state index contributed by atoms with van der Waals surface area (Å²) in [5.41, 5.74) is 6.09. The SMILES string of the molecule is Cc1cc([N+](=O)[O-])ccc1OCCC(=O)N1CCN(C(=N)N)CC1. The molecule has 9 heteroatoms. The number of nitrogens with one attached hydrogen (secondary N) is 1. The van der Waals surface area contributed by atoms with Crippen LogP contribution in [0.5, 0.6) is 5.75 Å². The summed E-state index contributed by atoms with van der Waals surface area (Å²) in [6.45, 7) is 4.13. The Hall–Kier alpha value is -2.84. The summed E-state index contributed by atoms with van der Waals surface area (Å²) < 4.78 is 5.56. The van der Waals surface area contributed by atoms with E-state index in [-0.39, 0.29) is 30.6 Å². The maximum absolute atomic E-state index is 12.1. The van der Waals surface area contributed by atoms with Gasteiger partial charge in [-0.1, -0.05) is 0 Å². The summed E-state index contributed by atoms with van der Waals surface area (Å²) in [5, 5.41) is 18.1. The molecule has 0 aliphatic carbocycles. The van der Waals surface area contributed by atoms with Crippen LogP contribution in [0, 0.1) is 22.4 Å². The van der Waals surface area contributed by atoms with E-state index in [4.69, 9.17) is 15.9 Å².